The largest absolute Gasteiger partial charge is 0.261 e. The monoisotopic (exact) mass is 196 g/mol. The minimum Gasteiger partial charge on any atom is -0.261 e. The van der Waals surface area contributed by atoms with Gasteiger partial charge in [-0.25, -0.2) is 0 Å². The van der Waals surface area contributed by atoms with Crippen molar-refractivity contribution in [1.29, 1.82) is 0 Å². The van der Waals surface area contributed by atoms with Crippen LogP contribution in [-0.4, -0.2) is 15.7 Å². The topological polar surface area (TPSA) is 25.8 Å². The summed E-state index contributed by atoms with van der Waals surface area (Å²) in [7, 11) is 3.66. The highest BCUT2D eigenvalue weighted by Crippen LogP contribution is 2.45. The molecule has 0 amide bonds. The summed E-state index contributed by atoms with van der Waals surface area (Å²) in [6, 6.07) is 0. The molecule has 2 nitrogen and oxygen atoms in total. The van der Waals surface area contributed by atoms with E-state index >= 15 is 0 Å². The SMILES string of the molecule is CC1=C(c2cnccn2)SSC1. The van der Waals surface area contributed by atoms with E-state index in [9.17, 15) is 0 Å². The molecule has 1 aliphatic rings. The maximum atomic E-state index is 4.26. The third kappa shape index (κ3) is 1.49. The van der Waals surface area contributed by atoms with Crippen molar-refractivity contribution in [3.8, 4) is 0 Å². The molecule has 0 atom stereocenters. The zero-order valence-corrected chi connectivity index (χ0v) is 8.28. The van der Waals surface area contributed by atoms with Crippen molar-refractivity contribution in [2.75, 3.05) is 5.75 Å². The highest BCUT2D eigenvalue weighted by molar-refractivity contribution is 8.80. The van der Waals surface area contributed by atoms with Gasteiger partial charge >= 0.3 is 0 Å². The Balaban J connectivity index is 2.37. The minimum absolute atomic E-state index is 1.00. The first-order valence-corrected chi connectivity index (χ1v) is 5.95. The van der Waals surface area contributed by atoms with E-state index < -0.39 is 0 Å². The third-order valence-corrected chi connectivity index (χ3v) is 4.20. The molecule has 2 heterocycles. The number of hydrogen-bond donors (Lipinski definition) is 0. The van der Waals surface area contributed by atoms with Crippen molar-refractivity contribution in [1.82, 2.24) is 9.97 Å². The van der Waals surface area contributed by atoms with Crippen LogP contribution < -0.4 is 0 Å². The molecule has 2 rings (SSSR count). The summed E-state index contributed by atoms with van der Waals surface area (Å²) in [5.41, 5.74) is 2.41. The van der Waals surface area contributed by atoms with Gasteiger partial charge in [0.1, 0.15) is 0 Å². The fourth-order valence-corrected chi connectivity index (χ4v) is 3.73. The van der Waals surface area contributed by atoms with Gasteiger partial charge in [-0.3, -0.25) is 9.97 Å². The maximum Gasteiger partial charge on any atom is 0.0956 e. The van der Waals surface area contributed by atoms with Crippen molar-refractivity contribution >= 4 is 26.5 Å². The Morgan fingerprint density at radius 2 is 2.33 bits per heavy atom. The average Bonchev–Trinajstić information content (AvgIpc) is 2.53. The Labute approximate surface area is 79.3 Å². The predicted octanol–water partition coefficient (Wildman–Crippen LogP) is 2.60. The van der Waals surface area contributed by atoms with Gasteiger partial charge < -0.3 is 0 Å². The maximum absolute atomic E-state index is 4.26. The summed E-state index contributed by atoms with van der Waals surface area (Å²) >= 11 is 0. The molecule has 0 unspecified atom stereocenters. The molecule has 0 aliphatic carbocycles. The molecule has 1 aromatic rings. The van der Waals surface area contributed by atoms with Crippen molar-refractivity contribution in [2.24, 2.45) is 0 Å². The number of rotatable bonds is 1. The highest BCUT2D eigenvalue weighted by atomic mass is 33.1. The summed E-state index contributed by atoms with van der Waals surface area (Å²) in [5.74, 6) is 1.11. The van der Waals surface area contributed by atoms with E-state index in [1.165, 1.54) is 10.5 Å². The molecular weight excluding hydrogens is 188 g/mol. The van der Waals surface area contributed by atoms with E-state index in [0.29, 0.717) is 0 Å². The zero-order valence-electron chi connectivity index (χ0n) is 6.65. The number of nitrogens with zero attached hydrogens (tertiary/aromatic N) is 2. The second kappa shape index (κ2) is 3.49. The van der Waals surface area contributed by atoms with Gasteiger partial charge in [-0.05, 0) is 12.5 Å². The molecule has 0 saturated carbocycles. The van der Waals surface area contributed by atoms with Crippen LogP contribution in [0.1, 0.15) is 12.6 Å². The molecule has 0 aromatic carbocycles. The van der Waals surface area contributed by atoms with Crippen molar-refractivity contribution in [2.45, 2.75) is 6.92 Å². The van der Waals surface area contributed by atoms with Crippen molar-refractivity contribution < 1.29 is 0 Å². The second-order valence-electron chi connectivity index (χ2n) is 2.55. The van der Waals surface area contributed by atoms with Crippen molar-refractivity contribution in [3.05, 3.63) is 29.9 Å². The fraction of sp³-hybridized carbons (Fsp3) is 0.250. The Hall–Kier alpha value is -0.480. The van der Waals surface area contributed by atoms with Gasteiger partial charge in [0.2, 0.25) is 0 Å². The first kappa shape index (κ1) is 8.13. The molecule has 1 aliphatic heterocycles. The minimum atomic E-state index is 1.00. The van der Waals surface area contributed by atoms with E-state index in [2.05, 4.69) is 16.9 Å². The van der Waals surface area contributed by atoms with E-state index in [1.54, 1.807) is 23.2 Å². The van der Waals surface area contributed by atoms with Crippen molar-refractivity contribution in [3.63, 3.8) is 0 Å². The quantitative estimate of drug-likeness (QED) is 0.645. The van der Waals surface area contributed by atoms with Crippen LogP contribution in [0.25, 0.3) is 4.91 Å². The standard InChI is InChI=1S/C8H8N2S2/c1-6-5-11-12-8(6)7-4-9-2-3-10-7/h2-4H,5H2,1H3. The van der Waals surface area contributed by atoms with Crippen LogP contribution in [0.15, 0.2) is 24.2 Å². The lowest BCUT2D eigenvalue weighted by Gasteiger charge is -1.98. The van der Waals surface area contributed by atoms with Gasteiger partial charge in [0.05, 0.1) is 11.9 Å². The smallest absolute Gasteiger partial charge is 0.0956 e. The summed E-state index contributed by atoms with van der Waals surface area (Å²) in [5, 5.41) is 0. The van der Waals surface area contributed by atoms with Gasteiger partial charge in [0.15, 0.2) is 0 Å². The Morgan fingerprint density at radius 1 is 1.42 bits per heavy atom. The summed E-state index contributed by atoms with van der Waals surface area (Å²) in [4.78, 5) is 9.59. The van der Waals surface area contributed by atoms with Gasteiger partial charge in [-0.2, -0.15) is 0 Å². The van der Waals surface area contributed by atoms with Gasteiger partial charge in [-0.1, -0.05) is 21.6 Å². The molecular formula is C8H8N2S2. The molecule has 0 spiro atoms. The highest BCUT2D eigenvalue weighted by Gasteiger charge is 2.14. The zero-order chi connectivity index (χ0) is 8.39. The molecule has 0 saturated heterocycles. The van der Waals surface area contributed by atoms with Gasteiger partial charge in [-0.15, -0.1) is 0 Å². The Kier molecular flexibility index (Phi) is 2.37. The predicted molar refractivity (Wildman–Crippen MR) is 54.7 cm³/mol. The molecule has 0 bridgehead atoms. The molecule has 1 aromatic heterocycles. The van der Waals surface area contributed by atoms with Crippen LogP contribution >= 0.6 is 21.6 Å². The summed E-state index contributed by atoms with van der Waals surface area (Å²) in [6.45, 7) is 2.15. The molecule has 62 valence electrons. The lowest BCUT2D eigenvalue weighted by Crippen LogP contribution is -1.86. The van der Waals surface area contributed by atoms with Crippen LogP contribution in [0.2, 0.25) is 0 Å². The normalized spacial score (nSPS) is 17.1. The van der Waals surface area contributed by atoms with Crippen LogP contribution in [-0.2, 0) is 0 Å². The van der Waals surface area contributed by atoms with Crippen LogP contribution in [0.5, 0.6) is 0 Å². The second-order valence-corrected chi connectivity index (χ2v) is 4.85. The lowest BCUT2D eigenvalue weighted by atomic mass is 10.3. The summed E-state index contributed by atoms with van der Waals surface area (Å²) in [6.07, 6.45) is 5.25. The molecule has 4 heteroatoms. The molecule has 12 heavy (non-hydrogen) atoms. The average molecular weight is 196 g/mol. The summed E-state index contributed by atoms with van der Waals surface area (Å²) < 4.78 is 0. The molecule has 0 radical (unpaired) electrons. The third-order valence-electron chi connectivity index (χ3n) is 1.60. The van der Waals surface area contributed by atoms with Gasteiger partial charge in [0, 0.05) is 23.1 Å². The van der Waals surface area contributed by atoms with Gasteiger partial charge in [0.25, 0.3) is 0 Å². The van der Waals surface area contributed by atoms with Crippen LogP contribution in [0.3, 0.4) is 0 Å². The van der Waals surface area contributed by atoms with E-state index in [0.717, 1.165) is 11.4 Å². The first-order chi connectivity index (χ1) is 5.88. The van der Waals surface area contributed by atoms with E-state index in [1.807, 2.05) is 17.0 Å². The van der Waals surface area contributed by atoms with Crippen LogP contribution in [0, 0.1) is 0 Å². The molecule has 0 N–H and O–H groups in total. The Morgan fingerprint density at radius 3 is 2.92 bits per heavy atom. The van der Waals surface area contributed by atoms with E-state index in [-0.39, 0.29) is 0 Å². The lowest BCUT2D eigenvalue weighted by molar-refractivity contribution is 1.17. The first-order valence-electron chi connectivity index (χ1n) is 3.63. The van der Waals surface area contributed by atoms with Crippen LogP contribution in [0.4, 0.5) is 0 Å². The number of aromatic nitrogens is 2. The van der Waals surface area contributed by atoms with E-state index in [4.69, 9.17) is 0 Å². The Bertz CT molecular complexity index is 308. The molecule has 0 fully saturated rings. The number of hydrogen-bond acceptors (Lipinski definition) is 4. The fourth-order valence-electron chi connectivity index (χ4n) is 0.991.